The third-order valence-electron chi connectivity index (χ3n) is 8.66. The second kappa shape index (κ2) is 11.0. The number of amides is 1. The van der Waals surface area contributed by atoms with E-state index in [2.05, 4.69) is 0 Å². The Hall–Kier alpha value is -3.37. The molecule has 0 aliphatic carbocycles. The first-order valence-corrected chi connectivity index (χ1v) is 14.1. The van der Waals surface area contributed by atoms with E-state index in [1.807, 2.05) is 0 Å². The molecule has 2 aliphatic rings. The van der Waals surface area contributed by atoms with Gasteiger partial charge in [0.25, 0.3) is 5.91 Å². The van der Waals surface area contributed by atoms with Crippen molar-refractivity contribution in [3.05, 3.63) is 104 Å². The molecule has 0 radical (unpaired) electrons. The van der Waals surface area contributed by atoms with Gasteiger partial charge in [0.1, 0.15) is 17.1 Å². The molecule has 3 aromatic rings. The molecule has 3 aromatic carbocycles. The lowest BCUT2D eigenvalue weighted by molar-refractivity contribution is -0.155. The smallest absolute Gasteiger partial charge is 0.336 e. The lowest BCUT2D eigenvalue weighted by atomic mass is 9.72. The summed E-state index contributed by atoms with van der Waals surface area (Å²) in [5.74, 6) is -2.73. The van der Waals surface area contributed by atoms with Crippen LogP contribution in [-0.4, -0.2) is 53.0 Å². The number of aryl methyl sites for hydroxylation is 1. The molecule has 0 unspecified atom stereocenters. The molecule has 1 fully saturated rings. The van der Waals surface area contributed by atoms with Gasteiger partial charge in [-0.05, 0) is 54.8 Å². The molecule has 5 rings (SSSR count). The topological polar surface area (TPSA) is 96.3 Å². The standard InChI is InChI=1S/C32H32ClF2NO6/c1-4-31(40,30(35)11-13-42-14-12-30)22-16-25-27(26(34)17-22)32(41-3,21-7-9-23(33)10-8-21)36(28(25)37)18-20-6-5-19(2)15-24(20)29(38)39/h5-10,15-17,40H,4,11-14,18H2,1-3H3,(H,38,39)/t31-,32-/m1/s1. The Morgan fingerprint density at radius 3 is 2.40 bits per heavy atom. The average molecular weight is 600 g/mol. The molecule has 222 valence electrons. The van der Waals surface area contributed by atoms with Crippen LogP contribution in [0.1, 0.15) is 74.7 Å². The molecule has 7 nitrogen and oxygen atoms in total. The Bertz CT molecular complexity index is 1540. The number of nitrogens with zero attached hydrogens (tertiary/aromatic N) is 1. The first-order valence-electron chi connectivity index (χ1n) is 13.7. The highest BCUT2D eigenvalue weighted by Crippen LogP contribution is 2.51. The number of benzene rings is 3. The van der Waals surface area contributed by atoms with E-state index in [0.717, 1.165) is 6.07 Å². The lowest BCUT2D eigenvalue weighted by Gasteiger charge is -2.44. The molecule has 2 atom stereocenters. The van der Waals surface area contributed by atoms with Crippen molar-refractivity contribution in [2.75, 3.05) is 20.3 Å². The average Bonchev–Trinajstić information content (AvgIpc) is 3.22. The lowest BCUT2D eigenvalue weighted by Crippen LogP contribution is -2.51. The Morgan fingerprint density at radius 2 is 1.81 bits per heavy atom. The van der Waals surface area contributed by atoms with Gasteiger partial charge in [0.05, 0.1) is 23.2 Å². The zero-order valence-corrected chi connectivity index (χ0v) is 24.3. The normalized spacial score (nSPS) is 21.2. The minimum absolute atomic E-state index is 0.0136. The van der Waals surface area contributed by atoms with Crippen LogP contribution in [0, 0.1) is 12.7 Å². The number of hydrogen-bond donors (Lipinski definition) is 2. The molecule has 2 heterocycles. The second-order valence-electron chi connectivity index (χ2n) is 10.9. The van der Waals surface area contributed by atoms with Crippen LogP contribution in [0.3, 0.4) is 0 Å². The minimum Gasteiger partial charge on any atom is -0.478 e. The fraction of sp³-hybridized carbons (Fsp3) is 0.375. The van der Waals surface area contributed by atoms with Crippen LogP contribution in [-0.2, 0) is 27.3 Å². The van der Waals surface area contributed by atoms with Gasteiger partial charge in [0.15, 0.2) is 5.72 Å². The minimum atomic E-state index is -2.10. The fourth-order valence-electron chi connectivity index (χ4n) is 6.36. The van der Waals surface area contributed by atoms with E-state index in [9.17, 15) is 19.8 Å². The van der Waals surface area contributed by atoms with Gasteiger partial charge in [0.2, 0.25) is 0 Å². The van der Waals surface area contributed by atoms with Crippen LogP contribution in [0.5, 0.6) is 0 Å². The molecule has 1 saturated heterocycles. The summed E-state index contributed by atoms with van der Waals surface area (Å²) in [7, 11) is 1.32. The number of hydrogen-bond acceptors (Lipinski definition) is 5. The number of rotatable bonds is 8. The van der Waals surface area contributed by atoms with E-state index < -0.39 is 34.7 Å². The van der Waals surface area contributed by atoms with E-state index in [1.165, 1.54) is 24.1 Å². The Balaban J connectivity index is 1.73. The fourth-order valence-corrected chi connectivity index (χ4v) is 6.48. The number of carboxylic acid groups (broad SMARTS) is 1. The molecule has 0 aromatic heterocycles. The van der Waals surface area contributed by atoms with Gasteiger partial charge >= 0.3 is 5.97 Å². The van der Waals surface area contributed by atoms with Crippen molar-refractivity contribution in [1.29, 1.82) is 0 Å². The molecule has 0 saturated carbocycles. The van der Waals surface area contributed by atoms with Gasteiger partial charge < -0.3 is 19.7 Å². The zero-order valence-electron chi connectivity index (χ0n) is 23.5. The van der Waals surface area contributed by atoms with Crippen molar-refractivity contribution >= 4 is 23.5 Å². The highest BCUT2D eigenvalue weighted by Gasteiger charge is 2.57. The van der Waals surface area contributed by atoms with E-state index in [0.29, 0.717) is 21.7 Å². The molecule has 0 bridgehead atoms. The summed E-state index contributed by atoms with van der Waals surface area (Å²) < 4.78 is 44.1. The summed E-state index contributed by atoms with van der Waals surface area (Å²) in [6, 6.07) is 13.6. The first-order chi connectivity index (χ1) is 19.9. The molecule has 1 amide bonds. The number of methoxy groups -OCH3 is 1. The number of alkyl halides is 1. The van der Waals surface area contributed by atoms with E-state index in [-0.39, 0.29) is 61.3 Å². The Labute approximate surface area is 247 Å². The molecule has 10 heteroatoms. The maximum Gasteiger partial charge on any atom is 0.336 e. The quantitative estimate of drug-likeness (QED) is 0.325. The summed E-state index contributed by atoms with van der Waals surface area (Å²) in [4.78, 5) is 27.6. The first kappa shape index (κ1) is 30.1. The van der Waals surface area contributed by atoms with Gasteiger partial charge in [-0.15, -0.1) is 0 Å². The van der Waals surface area contributed by atoms with E-state index in [4.69, 9.17) is 21.1 Å². The SMILES string of the molecule is CC[C@@](O)(c1cc(F)c2c(c1)C(=O)N(Cc1ccc(C)cc1C(=O)O)[C@@]2(OC)c1ccc(Cl)cc1)C1(F)CCOCC1. The highest BCUT2D eigenvalue weighted by molar-refractivity contribution is 6.30. The monoisotopic (exact) mass is 599 g/mol. The number of carboxylic acids is 1. The number of fused-ring (bicyclic) bond motifs is 1. The van der Waals surface area contributed by atoms with Crippen LogP contribution in [0.15, 0.2) is 54.6 Å². The molecule has 2 N–H and O–H groups in total. The van der Waals surface area contributed by atoms with Crippen LogP contribution >= 0.6 is 11.6 Å². The predicted octanol–water partition coefficient (Wildman–Crippen LogP) is 6.11. The molecule has 0 spiro atoms. The molecular formula is C32H32ClF2NO6. The van der Waals surface area contributed by atoms with Gasteiger partial charge in [-0.1, -0.05) is 48.4 Å². The third-order valence-corrected chi connectivity index (χ3v) is 8.91. The Morgan fingerprint density at radius 1 is 1.14 bits per heavy atom. The summed E-state index contributed by atoms with van der Waals surface area (Å²) in [6.07, 6.45) is -0.250. The summed E-state index contributed by atoms with van der Waals surface area (Å²) in [6.45, 7) is 3.31. The molecular weight excluding hydrogens is 568 g/mol. The van der Waals surface area contributed by atoms with Crippen LogP contribution in [0.2, 0.25) is 5.02 Å². The van der Waals surface area contributed by atoms with Crippen LogP contribution in [0.25, 0.3) is 0 Å². The highest BCUT2D eigenvalue weighted by atomic mass is 35.5. The maximum absolute atomic E-state index is 16.5. The van der Waals surface area contributed by atoms with Crippen molar-refractivity contribution in [1.82, 2.24) is 4.90 Å². The number of aliphatic hydroxyl groups is 1. The number of ether oxygens (including phenoxy) is 2. The van der Waals surface area contributed by atoms with Crippen molar-refractivity contribution < 1.29 is 38.1 Å². The summed E-state index contributed by atoms with van der Waals surface area (Å²) >= 11 is 6.14. The van der Waals surface area contributed by atoms with Crippen molar-refractivity contribution in [3.63, 3.8) is 0 Å². The van der Waals surface area contributed by atoms with Gasteiger partial charge in [-0.25, -0.2) is 13.6 Å². The summed E-state index contributed by atoms with van der Waals surface area (Å²) in [5, 5.41) is 22.0. The van der Waals surface area contributed by atoms with Gasteiger partial charge in [-0.2, -0.15) is 0 Å². The van der Waals surface area contributed by atoms with E-state index in [1.54, 1.807) is 50.2 Å². The van der Waals surface area contributed by atoms with Gasteiger partial charge in [0, 0.05) is 43.8 Å². The van der Waals surface area contributed by atoms with E-state index >= 15 is 8.78 Å². The zero-order chi connectivity index (χ0) is 30.4. The van der Waals surface area contributed by atoms with Crippen LogP contribution < -0.4 is 0 Å². The number of halogens is 3. The number of carbonyl (C=O) groups is 2. The Kier molecular flexibility index (Phi) is 7.91. The van der Waals surface area contributed by atoms with Crippen molar-refractivity contribution in [3.8, 4) is 0 Å². The number of carbonyl (C=O) groups excluding carboxylic acids is 1. The predicted molar refractivity (Wildman–Crippen MR) is 152 cm³/mol. The van der Waals surface area contributed by atoms with Crippen LogP contribution in [0.4, 0.5) is 8.78 Å². The van der Waals surface area contributed by atoms with Gasteiger partial charge in [-0.3, -0.25) is 9.69 Å². The van der Waals surface area contributed by atoms with Crippen molar-refractivity contribution in [2.45, 2.75) is 56.6 Å². The molecule has 2 aliphatic heterocycles. The maximum atomic E-state index is 16.5. The summed E-state index contributed by atoms with van der Waals surface area (Å²) in [5.41, 5.74) is -4.95. The second-order valence-corrected chi connectivity index (χ2v) is 11.3. The van der Waals surface area contributed by atoms with Crippen molar-refractivity contribution in [2.24, 2.45) is 0 Å². The largest absolute Gasteiger partial charge is 0.478 e. The molecule has 42 heavy (non-hydrogen) atoms. The number of aromatic carboxylic acids is 1. The third kappa shape index (κ3) is 4.59.